The van der Waals surface area contributed by atoms with Gasteiger partial charge in [-0.25, -0.2) is 0 Å². The number of amides is 1. The molecule has 2 fully saturated rings. The Bertz CT molecular complexity index is 370. The Labute approximate surface area is 114 Å². The van der Waals surface area contributed by atoms with E-state index in [9.17, 15) is 4.79 Å². The van der Waals surface area contributed by atoms with Crippen LogP contribution < -0.4 is 5.73 Å². The summed E-state index contributed by atoms with van der Waals surface area (Å²) in [5.74, 6) is 2.61. The predicted molar refractivity (Wildman–Crippen MR) is 73.8 cm³/mol. The van der Waals surface area contributed by atoms with Crippen molar-refractivity contribution < 1.29 is 10.0 Å². The quantitative estimate of drug-likeness (QED) is 0.345. The number of fused-ring (bicyclic) bond motifs is 2. The van der Waals surface area contributed by atoms with Gasteiger partial charge in [0.2, 0.25) is 5.91 Å². The summed E-state index contributed by atoms with van der Waals surface area (Å²) in [5, 5.41) is 11.5. The van der Waals surface area contributed by atoms with Gasteiger partial charge in [-0.15, -0.1) is 0 Å². The Kier molecular flexibility index (Phi) is 4.32. The minimum atomic E-state index is -0.0259. The maximum Gasteiger partial charge on any atom is 0.222 e. The monoisotopic (exact) mass is 267 g/mol. The Morgan fingerprint density at radius 3 is 2.74 bits per heavy atom. The number of rotatable bonds is 5. The van der Waals surface area contributed by atoms with Crippen molar-refractivity contribution in [3.8, 4) is 0 Å². The van der Waals surface area contributed by atoms with Crippen LogP contribution in [0.25, 0.3) is 0 Å². The van der Waals surface area contributed by atoms with Crippen LogP contribution in [0.4, 0.5) is 0 Å². The fourth-order valence-electron chi connectivity index (χ4n) is 3.72. The second-order valence-electron chi connectivity index (χ2n) is 6.29. The lowest BCUT2D eigenvalue weighted by atomic mass is 9.86. The highest BCUT2D eigenvalue weighted by Gasteiger charge is 2.40. The van der Waals surface area contributed by atoms with Crippen LogP contribution in [-0.4, -0.2) is 34.9 Å². The van der Waals surface area contributed by atoms with Gasteiger partial charge in [0.25, 0.3) is 0 Å². The van der Waals surface area contributed by atoms with Crippen LogP contribution in [0.1, 0.15) is 45.4 Å². The van der Waals surface area contributed by atoms with Gasteiger partial charge in [0.05, 0.1) is 0 Å². The summed E-state index contributed by atoms with van der Waals surface area (Å²) in [6.45, 7) is 1.93. The number of hydrogen-bond donors (Lipinski definition) is 2. The molecule has 0 aromatic rings. The van der Waals surface area contributed by atoms with Crippen LogP contribution in [0, 0.1) is 17.8 Å². The summed E-state index contributed by atoms with van der Waals surface area (Å²) in [6, 6.07) is -0.0259. The van der Waals surface area contributed by atoms with Crippen molar-refractivity contribution in [2.24, 2.45) is 28.6 Å². The molecule has 0 aromatic heterocycles. The molecule has 5 heteroatoms. The third-order valence-electron chi connectivity index (χ3n) is 5.01. The van der Waals surface area contributed by atoms with Gasteiger partial charge in [0.15, 0.2) is 0 Å². The smallest absolute Gasteiger partial charge is 0.222 e. The molecule has 0 radical (unpaired) electrons. The van der Waals surface area contributed by atoms with E-state index in [2.05, 4.69) is 5.16 Å². The highest BCUT2D eigenvalue weighted by Crippen LogP contribution is 2.49. The van der Waals surface area contributed by atoms with Crippen LogP contribution in [0.2, 0.25) is 0 Å². The van der Waals surface area contributed by atoms with E-state index in [4.69, 9.17) is 10.9 Å². The van der Waals surface area contributed by atoms with Crippen molar-refractivity contribution >= 4 is 11.7 Å². The summed E-state index contributed by atoms with van der Waals surface area (Å²) in [4.78, 5) is 14.0. The van der Waals surface area contributed by atoms with Gasteiger partial charge in [-0.3, -0.25) is 4.79 Å². The molecule has 0 aromatic carbocycles. The van der Waals surface area contributed by atoms with Gasteiger partial charge in [-0.1, -0.05) is 11.6 Å². The van der Waals surface area contributed by atoms with Crippen molar-refractivity contribution in [3.63, 3.8) is 0 Å². The fourth-order valence-corrected chi connectivity index (χ4v) is 3.72. The largest absolute Gasteiger partial charge is 0.409 e. The summed E-state index contributed by atoms with van der Waals surface area (Å²) >= 11 is 0. The van der Waals surface area contributed by atoms with Crippen molar-refractivity contribution in [1.82, 2.24) is 4.90 Å². The predicted octanol–water partition coefficient (Wildman–Crippen LogP) is 1.80. The topological polar surface area (TPSA) is 78.9 Å². The summed E-state index contributed by atoms with van der Waals surface area (Å²) in [6.07, 6.45) is 6.32. The SMILES string of the molecule is CC(CC(N)=NO)N(C)C(=O)CC1CC2CCC1C2. The number of carbonyl (C=O) groups is 1. The molecule has 4 atom stereocenters. The average molecular weight is 267 g/mol. The lowest BCUT2D eigenvalue weighted by molar-refractivity contribution is -0.133. The summed E-state index contributed by atoms with van der Waals surface area (Å²) in [5.41, 5.74) is 5.49. The van der Waals surface area contributed by atoms with E-state index in [1.54, 1.807) is 4.90 Å². The Morgan fingerprint density at radius 1 is 1.47 bits per heavy atom. The van der Waals surface area contributed by atoms with Gasteiger partial charge < -0.3 is 15.8 Å². The van der Waals surface area contributed by atoms with Gasteiger partial charge in [-0.05, 0) is 43.9 Å². The number of oxime groups is 1. The lowest BCUT2D eigenvalue weighted by Crippen LogP contribution is -2.39. The molecular formula is C14H25N3O2. The Morgan fingerprint density at radius 2 is 2.21 bits per heavy atom. The molecule has 1 amide bonds. The first-order chi connectivity index (χ1) is 9.01. The van der Waals surface area contributed by atoms with E-state index >= 15 is 0 Å². The molecule has 5 nitrogen and oxygen atoms in total. The number of hydrogen-bond acceptors (Lipinski definition) is 3. The van der Waals surface area contributed by atoms with Crippen LogP contribution >= 0.6 is 0 Å². The van der Waals surface area contributed by atoms with Crippen molar-refractivity contribution in [2.75, 3.05) is 7.05 Å². The van der Waals surface area contributed by atoms with Crippen LogP contribution in [0.15, 0.2) is 5.16 Å². The number of nitrogens with two attached hydrogens (primary N) is 1. The standard InChI is InChI=1S/C14H25N3O2/c1-9(5-13(15)16-19)17(2)14(18)8-12-7-10-3-4-11(12)6-10/h9-12,19H,3-8H2,1-2H3,(H2,15,16). The maximum absolute atomic E-state index is 12.3. The molecule has 2 saturated carbocycles. The van der Waals surface area contributed by atoms with Gasteiger partial charge in [0, 0.05) is 25.9 Å². The average Bonchev–Trinajstić information content (AvgIpc) is 2.99. The van der Waals surface area contributed by atoms with E-state index in [-0.39, 0.29) is 17.8 Å². The van der Waals surface area contributed by atoms with E-state index < -0.39 is 0 Å². The first-order valence-electron chi connectivity index (χ1n) is 7.23. The molecule has 3 N–H and O–H groups in total. The Hall–Kier alpha value is -1.26. The van der Waals surface area contributed by atoms with E-state index in [0.717, 1.165) is 11.8 Å². The van der Waals surface area contributed by atoms with Crippen LogP contribution in [-0.2, 0) is 4.79 Å². The molecule has 2 bridgehead atoms. The molecule has 108 valence electrons. The molecule has 2 aliphatic rings. The van der Waals surface area contributed by atoms with E-state index in [1.807, 2.05) is 14.0 Å². The zero-order chi connectivity index (χ0) is 14.0. The Balaban J connectivity index is 1.82. The second-order valence-corrected chi connectivity index (χ2v) is 6.29. The molecule has 4 unspecified atom stereocenters. The minimum Gasteiger partial charge on any atom is -0.409 e. The van der Waals surface area contributed by atoms with Crippen LogP contribution in [0.3, 0.4) is 0 Å². The zero-order valence-electron chi connectivity index (χ0n) is 11.9. The normalized spacial score (nSPS) is 31.5. The molecule has 0 aliphatic heterocycles. The minimum absolute atomic E-state index is 0.0259. The lowest BCUT2D eigenvalue weighted by Gasteiger charge is -2.28. The van der Waals surface area contributed by atoms with Gasteiger partial charge >= 0.3 is 0 Å². The third kappa shape index (κ3) is 3.19. The highest BCUT2D eigenvalue weighted by molar-refractivity contribution is 5.82. The van der Waals surface area contributed by atoms with E-state index in [0.29, 0.717) is 18.8 Å². The summed E-state index contributed by atoms with van der Waals surface area (Å²) < 4.78 is 0. The van der Waals surface area contributed by atoms with Crippen molar-refractivity contribution in [3.05, 3.63) is 0 Å². The van der Waals surface area contributed by atoms with Gasteiger partial charge in [-0.2, -0.15) is 0 Å². The molecule has 0 heterocycles. The van der Waals surface area contributed by atoms with Gasteiger partial charge in [0.1, 0.15) is 5.84 Å². The third-order valence-corrected chi connectivity index (χ3v) is 5.01. The number of nitrogens with zero attached hydrogens (tertiary/aromatic N) is 2. The van der Waals surface area contributed by atoms with Crippen molar-refractivity contribution in [2.45, 2.75) is 51.5 Å². The second kappa shape index (κ2) is 5.80. The van der Waals surface area contributed by atoms with Crippen LogP contribution in [0.5, 0.6) is 0 Å². The molecule has 0 saturated heterocycles. The number of carbonyl (C=O) groups excluding carboxylic acids is 1. The molecule has 0 spiro atoms. The maximum atomic E-state index is 12.3. The highest BCUT2D eigenvalue weighted by atomic mass is 16.4. The van der Waals surface area contributed by atoms with E-state index in [1.165, 1.54) is 25.7 Å². The molecule has 2 aliphatic carbocycles. The fraction of sp³-hybridized carbons (Fsp3) is 0.857. The first-order valence-corrected chi connectivity index (χ1v) is 7.23. The first kappa shape index (κ1) is 14.2. The van der Waals surface area contributed by atoms with Crippen molar-refractivity contribution in [1.29, 1.82) is 0 Å². The molecular weight excluding hydrogens is 242 g/mol. The zero-order valence-corrected chi connectivity index (χ0v) is 11.9. The molecule has 2 rings (SSSR count). The number of amidine groups is 1. The molecule has 19 heavy (non-hydrogen) atoms. The summed E-state index contributed by atoms with van der Waals surface area (Å²) in [7, 11) is 1.81.